The minimum Gasteiger partial charge on any atom is -0.495 e. The molecule has 0 amide bonds. The Balaban J connectivity index is 2.00. The predicted molar refractivity (Wildman–Crippen MR) is 143 cm³/mol. The van der Waals surface area contributed by atoms with Crippen LogP contribution in [0.3, 0.4) is 0 Å². The largest absolute Gasteiger partial charge is 0.495 e. The second kappa shape index (κ2) is 13.7. The van der Waals surface area contributed by atoms with E-state index in [2.05, 4.69) is 5.32 Å². The molecule has 0 saturated carbocycles. The maximum Gasteiger partial charge on any atom is 0.260 e. The minimum absolute atomic E-state index is 0.0605. The van der Waals surface area contributed by atoms with E-state index in [1.165, 1.54) is 7.11 Å². The first-order valence-corrected chi connectivity index (χ1v) is 13.0. The maximum atomic E-state index is 13.5. The van der Waals surface area contributed by atoms with Crippen LogP contribution in [-0.4, -0.2) is 76.1 Å². The Morgan fingerprint density at radius 2 is 1.67 bits per heavy atom. The fourth-order valence-electron chi connectivity index (χ4n) is 4.82. The molecule has 2 aromatic carbocycles. The quantitative estimate of drug-likeness (QED) is 0.189. The fraction of sp³-hybridized carbons (Fsp3) is 0.464. The molecule has 2 N–H and O–H groups in total. The molecule has 0 fully saturated rings. The van der Waals surface area contributed by atoms with Gasteiger partial charge in [0, 0.05) is 24.1 Å². The Hall–Kier alpha value is -3.28. The molecule has 212 valence electrons. The van der Waals surface area contributed by atoms with Crippen LogP contribution in [-0.2, 0) is 15.9 Å². The van der Waals surface area contributed by atoms with Crippen molar-refractivity contribution in [3.63, 3.8) is 0 Å². The molecular weight excluding hydrogens is 515 g/mol. The molecule has 0 atom stereocenters. The summed E-state index contributed by atoms with van der Waals surface area (Å²) in [6.07, 6.45) is 1.38. The summed E-state index contributed by atoms with van der Waals surface area (Å²) in [5, 5.41) is 13.2. The fourth-order valence-corrected chi connectivity index (χ4v) is 4.82. The van der Waals surface area contributed by atoms with Gasteiger partial charge in [0.1, 0.15) is 49.5 Å². The summed E-state index contributed by atoms with van der Waals surface area (Å²) in [4.78, 5) is 6.61. The zero-order valence-corrected chi connectivity index (χ0v) is 21.9. The van der Waals surface area contributed by atoms with Crippen molar-refractivity contribution in [2.45, 2.75) is 25.2 Å². The molecule has 0 spiro atoms. The second-order valence-corrected chi connectivity index (χ2v) is 8.81. The van der Waals surface area contributed by atoms with Gasteiger partial charge in [-0.1, -0.05) is 24.3 Å². The van der Waals surface area contributed by atoms with Crippen LogP contribution in [0.1, 0.15) is 18.4 Å². The molecule has 2 heterocycles. The number of rotatable bonds is 16. The van der Waals surface area contributed by atoms with Crippen molar-refractivity contribution in [3.8, 4) is 11.5 Å². The number of methoxy groups -OCH3 is 1. The number of halogens is 3. The number of alkyl halides is 3. The number of fused-ring (bicyclic) bond motifs is 3. The number of aliphatic hydroxyl groups excluding tert-OH is 1. The van der Waals surface area contributed by atoms with Crippen LogP contribution >= 0.6 is 0 Å². The monoisotopic (exact) mass is 549 g/mol. The zero-order valence-electron chi connectivity index (χ0n) is 21.9. The molecule has 0 saturated heterocycles. The summed E-state index contributed by atoms with van der Waals surface area (Å²) in [6, 6.07) is 12.5. The van der Waals surface area contributed by atoms with E-state index >= 15 is 0 Å². The van der Waals surface area contributed by atoms with Gasteiger partial charge in [-0.15, -0.1) is 0 Å². The molecule has 1 aromatic heterocycles. The Bertz CT molecular complexity index is 1220. The molecular formula is C28H34F3N3O5. The normalized spacial score (nSPS) is 14.0. The Morgan fingerprint density at radius 3 is 2.36 bits per heavy atom. The molecule has 0 unspecified atom stereocenters. The van der Waals surface area contributed by atoms with Crippen LogP contribution < -0.4 is 19.7 Å². The van der Waals surface area contributed by atoms with Crippen molar-refractivity contribution >= 4 is 28.1 Å². The number of hydrogen-bond acceptors (Lipinski definition) is 8. The van der Waals surface area contributed by atoms with Gasteiger partial charge in [0.2, 0.25) is 0 Å². The van der Waals surface area contributed by atoms with E-state index in [1.54, 1.807) is 23.1 Å². The highest BCUT2D eigenvalue weighted by molar-refractivity contribution is 6.02. The minimum atomic E-state index is -1.61. The van der Waals surface area contributed by atoms with Crippen molar-refractivity contribution in [1.82, 2.24) is 4.98 Å². The van der Waals surface area contributed by atoms with Crippen LogP contribution in [0.5, 0.6) is 11.5 Å². The summed E-state index contributed by atoms with van der Waals surface area (Å²) in [6.45, 7) is -2.37. The third kappa shape index (κ3) is 6.00. The molecule has 0 aliphatic carbocycles. The summed E-state index contributed by atoms with van der Waals surface area (Å²) in [5.41, 5.74) is 2.38. The third-order valence-electron chi connectivity index (χ3n) is 6.36. The SMILES string of the molecule is COc1ccccc1N1c2c(c(NCCCCO)nc3c(OCCF)cccc23)CC1(OCCF)OCCF. The van der Waals surface area contributed by atoms with Crippen LogP contribution in [0.2, 0.25) is 0 Å². The van der Waals surface area contributed by atoms with E-state index in [9.17, 15) is 18.3 Å². The number of anilines is 3. The van der Waals surface area contributed by atoms with Gasteiger partial charge in [-0.3, -0.25) is 4.90 Å². The van der Waals surface area contributed by atoms with E-state index in [0.29, 0.717) is 64.5 Å². The van der Waals surface area contributed by atoms with Gasteiger partial charge in [0.25, 0.3) is 5.91 Å². The Kier molecular flexibility index (Phi) is 10.1. The van der Waals surface area contributed by atoms with Crippen LogP contribution in [0, 0.1) is 0 Å². The average Bonchev–Trinajstić information content (AvgIpc) is 3.31. The zero-order chi connectivity index (χ0) is 27.7. The maximum absolute atomic E-state index is 13.5. The van der Waals surface area contributed by atoms with Gasteiger partial charge in [0.15, 0.2) is 0 Å². The second-order valence-electron chi connectivity index (χ2n) is 8.81. The molecule has 4 rings (SSSR count). The number of ether oxygens (including phenoxy) is 4. The molecule has 1 aliphatic rings. The van der Waals surface area contributed by atoms with E-state index in [4.69, 9.17) is 23.9 Å². The first-order valence-electron chi connectivity index (χ1n) is 13.0. The third-order valence-corrected chi connectivity index (χ3v) is 6.36. The standard InChI is InChI=1S/C28H34F3N3O5/c1-36-23-9-3-2-8-22(23)34-26-20-7-6-10-24(37-16-11-29)25(20)33-27(32-14-4-5-15-35)21(26)19-28(34,38-17-12-30)39-18-13-31/h2-3,6-10,35H,4-5,11-19H2,1H3,(H,32,33). The predicted octanol–water partition coefficient (Wildman–Crippen LogP) is 5.10. The number of unbranched alkanes of at least 4 members (excludes halogenated alkanes) is 1. The number of aliphatic hydroxyl groups is 1. The lowest BCUT2D eigenvalue weighted by Gasteiger charge is -2.39. The van der Waals surface area contributed by atoms with Gasteiger partial charge in [-0.05, 0) is 31.0 Å². The van der Waals surface area contributed by atoms with Crippen molar-refractivity contribution in [1.29, 1.82) is 0 Å². The van der Waals surface area contributed by atoms with E-state index in [0.717, 1.165) is 0 Å². The highest BCUT2D eigenvalue weighted by Crippen LogP contribution is 2.53. The van der Waals surface area contributed by atoms with Crippen molar-refractivity contribution in [3.05, 3.63) is 48.0 Å². The van der Waals surface area contributed by atoms with Gasteiger partial charge >= 0.3 is 0 Å². The molecule has 8 nitrogen and oxygen atoms in total. The molecule has 3 aromatic rings. The number of hydrogen-bond donors (Lipinski definition) is 2. The molecule has 1 aliphatic heterocycles. The number of benzene rings is 2. The first kappa shape index (κ1) is 28.7. The number of nitrogens with one attached hydrogen (secondary N) is 1. The van der Waals surface area contributed by atoms with Crippen molar-refractivity contribution in [2.75, 3.05) is 70.3 Å². The van der Waals surface area contributed by atoms with E-state index in [-0.39, 0.29) is 32.8 Å². The molecule has 0 radical (unpaired) electrons. The first-order chi connectivity index (χ1) is 19.1. The van der Waals surface area contributed by atoms with E-state index in [1.807, 2.05) is 24.3 Å². The highest BCUT2D eigenvalue weighted by Gasteiger charge is 2.50. The summed E-state index contributed by atoms with van der Waals surface area (Å²) in [7, 11) is 1.53. The topological polar surface area (TPSA) is 85.3 Å². The number of aromatic nitrogens is 1. The van der Waals surface area contributed by atoms with Gasteiger partial charge < -0.3 is 29.4 Å². The number of nitrogens with zero attached hydrogens (tertiary/aromatic N) is 2. The van der Waals surface area contributed by atoms with Crippen LogP contribution in [0.4, 0.5) is 30.4 Å². The molecule has 39 heavy (non-hydrogen) atoms. The Morgan fingerprint density at radius 1 is 0.949 bits per heavy atom. The van der Waals surface area contributed by atoms with Gasteiger partial charge in [-0.2, -0.15) is 0 Å². The Labute approximate surface area is 225 Å². The molecule has 0 bridgehead atoms. The number of pyridine rings is 1. The lowest BCUT2D eigenvalue weighted by atomic mass is 10.1. The van der Waals surface area contributed by atoms with Gasteiger partial charge in [0.05, 0.1) is 38.1 Å². The summed E-state index contributed by atoms with van der Waals surface area (Å²) >= 11 is 0. The van der Waals surface area contributed by atoms with Crippen molar-refractivity contribution < 1.29 is 37.2 Å². The van der Waals surface area contributed by atoms with Crippen molar-refractivity contribution in [2.24, 2.45) is 0 Å². The summed E-state index contributed by atoms with van der Waals surface area (Å²) in [5.74, 6) is -0.225. The lowest BCUT2D eigenvalue weighted by Crippen LogP contribution is -2.50. The van der Waals surface area contributed by atoms with Crippen LogP contribution in [0.15, 0.2) is 42.5 Å². The van der Waals surface area contributed by atoms with E-state index < -0.39 is 25.9 Å². The lowest BCUT2D eigenvalue weighted by molar-refractivity contribution is -0.229. The van der Waals surface area contributed by atoms with Gasteiger partial charge in [-0.25, -0.2) is 18.2 Å². The molecule has 11 heteroatoms. The average molecular weight is 550 g/mol. The highest BCUT2D eigenvalue weighted by atomic mass is 19.1. The number of para-hydroxylation sites is 3. The smallest absolute Gasteiger partial charge is 0.260 e. The summed E-state index contributed by atoms with van der Waals surface area (Å²) < 4.78 is 63.5. The van der Waals surface area contributed by atoms with Crippen LogP contribution in [0.25, 0.3) is 10.9 Å².